The highest BCUT2D eigenvalue weighted by molar-refractivity contribution is 5.72. The van der Waals surface area contributed by atoms with Crippen LogP contribution in [0.1, 0.15) is 44.2 Å². The van der Waals surface area contributed by atoms with E-state index in [9.17, 15) is 10.1 Å². The normalized spacial score (nSPS) is 19.9. The summed E-state index contributed by atoms with van der Waals surface area (Å²) >= 11 is 0. The first-order chi connectivity index (χ1) is 13.7. The summed E-state index contributed by atoms with van der Waals surface area (Å²) in [6.45, 7) is 2.20. The topological polar surface area (TPSA) is 105 Å². The molecule has 1 fully saturated rings. The van der Waals surface area contributed by atoms with Crippen LogP contribution in [0.4, 0.5) is 0 Å². The molecule has 1 aliphatic rings. The molecule has 4 aromatic rings. The smallest absolute Gasteiger partial charge is 0.303 e. The Morgan fingerprint density at radius 2 is 2.07 bits per heavy atom. The van der Waals surface area contributed by atoms with E-state index >= 15 is 0 Å². The summed E-state index contributed by atoms with van der Waals surface area (Å²) in [5, 5.41) is 9.19. The van der Waals surface area contributed by atoms with Crippen molar-refractivity contribution >= 4 is 16.8 Å². The van der Waals surface area contributed by atoms with Crippen LogP contribution in [0.5, 0.6) is 0 Å². The Morgan fingerprint density at radius 1 is 1.21 bits per heavy atom. The summed E-state index contributed by atoms with van der Waals surface area (Å²) in [6, 6.07) is 5.80. The maximum absolute atomic E-state index is 12.7. The van der Waals surface area contributed by atoms with Crippen LogP contribution in [0, 0.1) is 17.2 Å². The van der Waals surface area contributed by atoms with Crippen molar-refractivity contribution in [1.82, 2.24) is 28.9 Å². The molecule has 8 nitrogen and oxygen atoms in total. The minimum Gasteiger partial charge on any atom is -0.303 e. The highest BCUT2D eigenvalue weighted by Gasteiger charge is 2.27. The van der Waals surface area contributed by atoms with Crippen molar-refractivity contribution in [2.24, 2.45) is 5.92 Å². The minimum atomic E-state index is -0.134. The molecule has 0 bridgehead atoms. The third-order valence-corrected chi connectivity index (χ3v) is 5.72. The number of fused-ring (bicyclic) bond motifs is 2. The summed E-state index contributed by atoms with van der Waals surface area (Å²) in [6.07, 6.45) is 9.49. The van der Waals surface area contributed by atoms with Crippen molar-refractivity contribution < 1.29 is 0 Å². The molecule has 0 aliphatic heterocycles. The minimum absolute atomic E-state index is 0.134. The second-order valence-electron chi connectivity index (χ2n) is 7.46. The van der Waals surface area contributed by atoms with Crippen molar-refractivity contribution in [3.8, 4) is 17.6 Å². The molecule has 0 unspecified atom stereocenters. The highest BCUT2D eigenvalue weighted by atomic mass is 16.1. The van der Waals surface area contributed by atoms with Gasteiger partial charge in [-0.15, -0.1) is 0 Å². The van der Waals surface area contributed by atoms with Gasteiger partial charge in [-0.1, -0.05) is 19.8 Å². The van der Waals surface area contributed by atoms with Gasteiger partial charge in [0.15, 0.2) is 11.5 Å². The standard InChI is InChI=1S/C20H19N7O/c1-12-4-2-3-5-15(12)27-19-14(24-20(27)28)9-23-18(25-19)16-10-22-17-7-6-13(8-21)11-26(16)17/h6-7,9-12,15H,2-5H2,1H3,(H,24,28)/t12-,15+/m1/s1. The van der Waals surface area contributed by atoms with Crippen LogP contribution in [0.15, 0.2) is 35.5 Å². The molecular formula is C20H19N7O. The van der Waals surface area contributed by atoms with E-state index < -0.39 is 0 Å². The molecule has 0 saturated heterocycles. The lowest BCUT2D eigenvalue weighted by Crippen LogP contribution is -2.29. The second kappa shape index (κ2) is 6.30. The Balaban J connectivity index is 1.69. The molecule has 5 rings (SSSR count). The summed E-state index contributed by atoms with van der Waals surface area (Å²) in [7, 11) is 0. The number of nitriles is 1. The van der Waals surface area contributed by atoms with Crippen molar-refractivity contribution in [3.63, 3.8) is 0 Å². The van der Waals surface area contributed by atoms with E-state index in [1.807, 2.05) is 0 Å². The van der Waals surface area contributed by atoms with Crippen molar-refractivity contribution in [3.05, 3.63) is 46.8 Å². The van der Waals surface area contributed by atoms with Gasteiger partial charge in [-0.3, -0.25) is 8.97 Å². The predicted molar refractivity (Wildman–Crippen MR) is 104 cm³/mol. The molecular weight excluding hydrogens is 354 g/mol. The number of nitrogens with one attached hydrogen (secondary N) is 1. The fourth-order valence-corrected chi connectivity index (χ4v) is 4.24. The molecule has 1 saturated carbocycles. The number of hydrogen-bond donors (Lipinski definition) is 1. The molecule has 4 heterocycles. The fourth-order valence-electron chi connectivity index (χ4n) is 4.24. The largest absolute Gasteiger partial charge is 0.327 e. The molecule has 0 aromatic carbocycles. The molecule has 2 atom stereocenters. The average molecular weight is 373 g/mol. The summed E-state index contributed by atoms with van der Waals surface area (Å²) < 4.78 is 3.60. The molecule has 1 N–H and O–H groups in total. The van der Waals surface area contributed by atoms with Gasteiger partial charge < -0.3 is 4.98 Å². The lowest BCUT2D eigenvalue weighted by molar-refractivity contribution is 0.257. The molecule has 4 aromatic heterocycles. The van der Waals surface area contributed by atoms with Crippen LogP contribution in [-0.4, -0.2) is 28.9 Å². The van der Waals surface area contributed by atoms with Crippen LogP contribution in [0.2, 0.25) is 0 Å². The zero-order valence-corrected chi connectivity index (χ0v) is 15.5. The van der Waals surface area contributed by atoms with Crippen molar-refractivity contribution in [2.45, 2.75) is 38.6 Å². The molecule has 28 heavy (non-hydrogen) atoms. The highest BCUT2D eigenvalue weighted by Crippen LogP contribution is 2.34. The lowest BCUT2D eigenvalue weighted by atomic mass is 9.86. The van der Waals surface area contributed by atoms with Gasteiger partial charge in [-0.25, -0.2) is 19.7 Å². The number of rotatable bonds is 2. The monoisotopic (exact) mass is 373 g/mol. The van der Waals surface area contributed by atoms with E-state index in [4.69, 9.17) is 4.98 Å². The van der Waals surface area contributed by atoms with E-state index in [1.165, 1.54) is 6.42 Å². The Morgan fingerprint density at radius 3 is 2.89 bits per heavy atom. The molecule has 1 aliphatic carbocycles. The Hall–Kier alpha value is -3.47. The molecule has 0 radical (unpaired) electrons. The average Bonchev–Trinajstić information content (AvgIpc) is 3.27. The quantitative estimate of drug-likeness (QED) is 0.581. The maximum atomic E-state index is 12.7. The Labute approximate surface area is 160 Å². The number of nitrogens with zero attached hydrogens (tertiary/aromatic N) is 6. The van der Waals surface area contributed by atoms with E-state index in [-0.39, 0.29) is 11.7 Å². The van der Waals surface area contributed by atoms with Gasteiger partial charge in [0.2, 0.25) is 0 Å². The van der Waals surface area contributed by atoms with Gasteiger partial charge in [0.25, 0.3) is 0 Å². The second-order valence-corrected chi connectivity index (χ2v) is 7.46. The SMILES string of the molecule is C[C@@H]1CCCC[C@@H]1n1c(=O)[nH]c2cnc(-c3cnc4ccc(C#N)cn34)nc21. The van der Waals surface area contributed by atoms with Crippen LogP contribution in [0.3, 0.4) is 0 Å². The molecule has 0 amide bonds. The number of pyridine rings is 1. The third kappa shape index (κ3) is 2.51. The zero-order chi connectivity index (χ0) is 19.3. The van der Waals surface area contributed by atoms with Crippen LogP contribution < -0.4 is 5.69 Å². The number of aromatic nitrogens is 6. The van der Waals surface area contributed by atoms with Gasteiger partial charge in [0.1, 0.15) is 22.9 Å². The zero-order valence-electron chi connectivity index (χ0n) is 15.5. The van der Waals surface area contributed by atoms with Crippen molar-refractivity contribution in [1.29, 1.82) is 5.26 Å². The van der Waals surface area contributed by atoms with Gasteiger partial charge in [-0.2, -0.15) is 5.26 Å². The van der Waals surface area contributed by atoms with Gasteiger partial charge in [0, 0.05) is 12.2 Å². The van der Waals surface area contributed by atoms with Gasteiger partial charge >= 0.3 is 5.69 Å². The van der Waals surface area contributed by atoms with Crippen LogP contribution in [0.25, 0.3) is 28.3 Å². The van der Waals surface area contributed by atoms with Crippen molar-refractivity contribution in [2.75, 3.05) is 0 Å². The lowest BCUT2D eigenvalue weighted by Gasteiger charge is -2.29. The number of aromatic amines is 1. The van der Waals surface area contributed by atoms with Crippen LogP contribution >= 0.6 is 0 Å². The first kappa shape index (κ1) is 16.7. The maximum Gasteiger partial charge on any atom is 0.327 e. The first-order valence-electron chi connectivity index (χ1n) is 9.50. The fraction of sp³-hybridized carbons (Fsp3) is 0.350. The molecule has 140 valence electrons. The van der Waals surface area contributed by atoms with Gasteiger partial charge in [-0.05, 0) is 30.9 Å². The van der Waals surface area contributed by atoms with E-state index in [0.717, 1.165) is 19.3 Å². The van der Waals surface area contributed by atoms with Gasteiger partial charge in [0.05, 0.1) is 18.0 Å². The Bertz CT molecular complexity index is 1290. The number of H-pyrrole nitrogens is 1. The predicted octanol–water partition coefficient (Wildman–Crippen LogP) is 3.06. The summed E-state index contributed by atoms with van der Waals surface area (Å²) in [5.74, 6) is 0.907. The molecule has 0 spiro atoms. The number of imidazole rings is 2. The van der Waals surface area contributed by atoms with E-state index in [0.29, 0.717) is 39.8 Å². The molecule has 8 heteroatoms. The summed E-state index contributed by atoms with van der Waals surface area (Å²) in [4.78, 5) is 29.1. The first-order valence-corrected chi connectivity index (χ1v) is 9.50. The van der Waals surface area contributed by atoms with E-state index in [2.05, 4.69) is 27.9 Å². The summed E-state index contributed by atoms with van der Waals surface area (Å²) in [5.41, 5.74) is 3.06. The number of hydrogen-bond acceptors (Lipinski definition) is 5. The van der Waals surface area contributed by atoms with E-state index in [1.54, 1.807) is 39.7 Å². The third-order valence-electron chi connectivity index (χ3n) is 5.72. The van der Waals surface area contributed by atoms with Crippen LogP contribution in [-0.2, 0) is 0 Å². The Kier molecular flexibility index (Phi) is 3.76.